The van der Waals surface area contributed by atoms with Crippen molar-refractivity contribution in [2.45, 2.75) is 38.1 Å². The zero-order valence-electron chi connectivity index (χ0n) is 24.0. The predicted octanol–water partition coefficient (Wildman–Crippen LogP) is 1.32. The molecule has 14 nitrogen and oxygen atoms in total. The Bertz CT molecular complexity index is 1680. The predicted molar refractivity (Wildman–Crippen MR) is 155 cm³/mol. The number of aromatic nitrogens is 7. The first kappa shape index (κ1) is 29.7. The minimum Gasteiger partial charge on any atom is -0.475 e. The molecule has 1 aliphatic heterocycles. The fraction of sp³-hybridized carbons (Fsp3) is 0.481. The molecule has 0 atom stereocenters. The first-order valence-electron chi connectivity index (χ1n) is 14.0. The molecule has 0 saturated carbocycles. The van der Waals surface area contributed by atoms with E-state index in [0.29, 0.717) is 56.2 Å². The smallest absolute Gasteiger partial charge is 0.277 e. The number of H-pyrrole nitrogens is 1. The van der Waals surface area contributed by atoms with Crippen molar-refractivity contribution < 1.29 is 17.9 Å². The number of nitrogens with one attached hydrogen (secondary N) is 1. The quantitative estimate of drug-likeness (QED) is 0.235. The van der Waals surface area contributed by atoms with Gasteiger partial charge in [0.05, 0.1) is 24.1 Å². The van der Waals surface area contributed by atoms with Crippen LogP contribution in [0.2, 0.25) is 0 Å². The lowest BCUT2D eigenvalue weighted by atomic mass is 10.2. The molecular weight excluding hydrogens is 562 g/mol. The molecule has 224 valence electrons. The zero-order chi connectivity index (χ0) is 29.7. The second kappa shape index (κ2) is 13.0. The first-order chi connectivity index (χ1) is 20.3. The van der Waals surface area contributed by atoms with E-state index in [1.54, 1.807) is 30.3 Å². The van der Waals surface area contributed by atoms with Crippen LogP contribution in [0.3, 0.4) is 0 Å². The molecule has 0 radical (unpaired) electrons. The van der Waals surface area contributed by atoms with Crippen molar-refractivity contribution >= 4 is 21.1 Å². The van der Waals surface area contributed by atoms with Crippen molar-refractivity contribution in [1.82, 2.24) is 43.9 Å². The Morgan fingerprint density at radius 3 is 2.50 bits per heavy atom. The number of methoxy groups -OCH3 is 1. The van der Waals surface area contributed by atoms with Gasteiger partial charge in [-0.2, -0.15) is 9.40 Å². The van der Waals surface area contributed by atoms with Crippen LogP contribution >= 0.6 is 0 Å². The van der Waals surface area contributed by atoms with E-state index in [9.17, 15) is 13.2 Å². The summed E-state index contributed by atoms with van der Waals surface area (Å²) in [5.74, 6) is 0.767. The number of aromatic amines is 1. The number of hydrogen-bond donors (Lipinski definition) is 1. The summed E-state index contributed by atoms with van der Waals surface area (Å²) in [4.78, 5) is 36.2. The van der Waals surface area contributed by atoms with Crippen molar-refractivity contribution in [2.75, 3.05) is 53.0 Å². The largest absolute Gasteiger partial charge is 0.475 e. The highest BCUT2D eigenvalue weighted by molar-refractivity contribution is 7.89. The van der Waals surface area contributed by atoms with Gasteiger partial charge in [-0.15, -0.1) is 0 Å². The fourth-order valence-corrected chi connectivity index (χ4v) is 6.25. The van der Waals surface area contributed by atoms with Crippen molar-refractivity contribution in [2.24, 2.45) is 0 Å². The van der Waals surface area contributed by atoms with Crippen molar-refractivity contribution in [3.63, 3.8) is 0 Å². The van der Waals surface area contributed by atoms with Gasteiger partial charge in [0, 0.05) is 45.7 Å². The number of hydrogen-bond acceptors (Lipinski definition) is 11. The molecule has 42 heavy (non-hydrogen) atoms. The maximum absolute atomic E-state index is 13.6. The minimum absolute atomic E-state index is 0.00464. The number of pyridine rings is 1. The highest BCUT2D eigenvalue weighted by atomic mass is 32.2. The van der Waals surface area contributed by atoms with Gasteiger partial charge in [0.15, 0.2) is 5.52 Å². The molecule has 0 amide bonds. The van der Waals surface area contributed by atoms with E-state index in [-0.39, 0.29) is 40.8 Å². The molecule has 0 aromatic carbocycles. The van der Waals surface area contributed by atoms with Crippen LogP contribution in [0.1, 0.15) is 31.8 Å². The average molecular weight is 598 g/mol. The molecule has 15 heteroatoms. The van der Waals surface area contributed by atoms with Gasteiger partial charge in [-0.05, 0) is 25.1 Å². The van der Waals surface area contributed by atoms with Crippen LogP contribution in [0.5, 0.6) is 5.88 Å². The van der Waals surface area contributed by atoms with Gasteiger partial charge in [-0.1, -0.05) is 20.3 Å². The fourth-order valence-electron chi connectivity index (χ4n) is 4.86. The standard InChI is InChI=1S/C27H35N9O5S/c1-4-7-21-23-24(36(33-21)18-22-28-8-6-9-29-22)26(37)32-25(31-23)20-16-19(17-30-27(20)41-15-14-40-3)42(38,39)35-12-10-34(5-2)11-13-35/h6,8-9,16-17H,4-5,7,10-15,18H2,1-3H3,(H,31,32,37). The third-order valence-electron chi connectivity index (χ3n) is 7.09. The van der Waals surface area contributed by atoms with E-state index in [1.165, 1.54) is 16.6 Å². The molecule has 0 aliphatic carbocycles. The topological polar surface area (TPSA) is 161 Å². The number of nitrogens with zero attached hydrogens (tertiary/aromatic N) is 8. The van der Waals surface area contributed by atoms with Gasteiger partial charge in [0.25, 0.3) is 5.56 Å². The Balaban J connectivity index is 1.60. The van der Waals surface area contributed by atoms with Gasteiger partial charge >= 0.3 is 0 Å². The number of rotatable bonds is 12. The van der Waals surface area contributed by atoms with Crippen LogP contribution in [0.15, 0.2) is 40.4 Å². The van der Waals surface area contributed by atoms with Crippen LogP contribution < -0.4 is 10.3 Å². The monoisotopic (exact) mass is 597 g/mol. The van der Waals surface area contributed by atoms with E-state index < -0.39 is 15.6 Å². The molecule has 5 heterocycles. The molecule has 0 bridgehead atoms. The molecule has 1 saturated heterocycles. The molecule has 4 aromatic heterocycles. The summed E-state index contributed by atoms with van der Waals surface area (Å²) in [6.07, 6.45) is 5.91. The number of piperazine rings is 1. The normalized spacial score (nSPS) is 14.9. The summed E-state index contributed by atoms with van der Waals surface area (Å²) < 4.78 is 41.2. The summed E-state index contributed by atoms with van der Waals surface area (Å²) in [6, 6.07) is 3.18. The second-order valence-electron chi connectivity index (χ2n) is 9.83. The molecular formula is C27H35N9O5S. The molecule has 5 rings (SSSR count). The highest BCUT2D eigenvalue weighted by Crippen LogP contribution is 2.30. The molecule has 1 N–H and O–H groups in total. The van der Waals surface area contributed by atoms with Gasteiger partial charge in [-0.25, -0.2) is 33.0 Å². The van der Waals surface area contributed by atoms with Crippen molar-refractivity contribution in [1.29, 1.82) is 0 Å². The molecule has 1 fully saturated rings. The lowest BCUT2D eigenvalue weighted by Gasteiger charge is -2.33. The molecule has 4 aromatic rings. The van der Waals surface area contributed by atoms with Gasteiger partial charge in [0.2, 0.25) is 15.9 Å². The Morgan fingerprint density at radius 1 is 1.05 bits per heavy atom. The maximum Gasteiger partial charge on any atom is 0.277 e. The Hall–Kier alpha value is -3.79. The first-order valence-corrected chi connectivity index (χ1v) is 15.4. The van der Waals surface area contributed by atoms with E-state index in [4.69, 9.17) is 14.5 Å². The van der Waals surface area contributed by atoms with Crippen LogP contribution in [0.4, 0.5) is 0 Å². The third-order valence-corrected chi connectivity index (χ3v) is 8.95. The van der Waals surface area contributed by atoms with Gasteiger partial charge < -0.3 is 19.4 Å². The Morgan fingerprint density at radius 2 is 1.81 bits per heavy atom. The van der Waals surface area contributed by atoms with E-state index in [1.807, 2.05) is 6.92 Å². The third kappa shape index (κ3) is 6.18. The molecule has 0 unspecified atom stereocenters. The summed E-state index contributed by atoms with van der Waals surface area (Å²) in [5.41, 5.74) is 1.15. The van der Waals surface area contributed by atoms with Gasteiger partial charge in [-0.3, -0.25) is 4.79 Å². The number of sulfonamides is 1. The Kier molecular flexibility index (Phi) is 9.21. The molecule has 0 spiro atoms. The van der Waals surface area contributed by atoms with Crippen LogP contribution in [-0.4, -0.2) is 105 Å². The maximum atomic E-state index is 13.6. The minimum atomic E-state index is -3.85. The number of fused-ring (bicyclic) bond motifs is 1. The van der Waals surface area contributed by atoms with Crippen LogP contribution in [0, 0.1) is 0 Å². The second-order valence-corrected chi connectivity index (χ2v) is 11.8. The van der Waals surface area contributed by atoms with Crippen molar-refractivity contribution in [3.8, 4) is 17.3 Å². The summed E-state index contributed by atoms with van der Waals surface area (Å²) in [6.45, 7) is 7.65. The summed E-state index contributed by atoms with van der Waals surface area (Å²) >= 11 is 0. The lowest BCUT2D eigenvalue weighted by molar-refractivity contribution is 0.144. The SMILES string of the molecule is CCCc1nn(Cc2ncccn2)c2c(=O)[nH]c(-c3cc(S(=O)(=O)N4CCN(CC)CC4)cnc3OCCOC)nc12. The van der Waals surface area contributed by atoms with Crippen LogP contribution in [0.25, 0.3) is 22.4 Å². The lowest BCUT2D eigenvalue weighted by Crippen LogP contribution is -2.48. The van der Waals surface area contributed by atoms with Gasteiger partial charge in [0.1, 0.15) is 35.2 Å². The zero-order valence-corrected chi connectivity index (χ0v) is 24.8. The number of aryl methyl sites for hydroxylation is 1. The number of ether oxygens (including phenoxy) is 2. The van der Waals surface area contributed by atoms with E-state index in [0.717, 1.165) is 13.0 Å². The van der Waals surface area contributed by atoms with E-state index in [2.05, 4.69) is 36.9 Å². The van der Waals surface area contributed by atoms with E-state index >= 15 is 0 Å². The van der Waals surface area contributed by atoms with Crippen LogP contribution in [-0.2, 0) is 27.7 Å². The molecule has 1 aliphatic rings. The van der Waals surface area contributed by atoms with Crippen molar-refractivity contribution in [3.05, 3.63) is 52.6 Å². The average Bonchev–Trinajstić information content (AvgIpc) is 3.35. The Labute approximate surface area is 243 Å². The highest BCUT2D eigenvalue weighted by Gasteiger charge is 2.30. The number of likely N-dealkylation sites (N-methyl/N-ethyl adjacent to an activating group) is 1. The summed E-state index contributed by atoms with van der Waals surface area (Å²) in [5, 5.41) is 4.67. The summed E-state index contributed by atoms with van der Waals surface area (Å²) in [7, 11) is -2.30.